The van der Waals surface area contributed by atoms with E-state index in [1.165, 1.54) is 11.6 Å². The van der Waals surface area contributed by atoms with Crippen LogP contribution >= 0.6 is 0 Å². The van der Waals surface area contributed by atoms with Crippen molar-refractivity contribution in [1.29, 1.82) is 0 Å². The van der Waals surface area contributed by atoms with Gasteiger partial charge in [0, 0.05) is 37.7 Å². The van der Waals surface area contributed by atoms with Gasteiger partial charge in [0.2, 0.25) is 0 Å². The fraction of sp³-hybridized carbons (Fsp3) is 0.350. The van der Waals surface area contributed by atoms with Crippen LogP contribution < -0.4 is 16.6 Å². The lowest BCUT2D eigenvalue weighted by atomic mass is 9.76. The van der Waals surface area contributed by atoms with Crippen LogP contribution in [0.4, 0.5) is 5.82 Å². The molecule has 0 unspecified atom stereocenters. The minimum Gasteiger partial charge on any atom is -0.344 e. The first-order valence-corrected chi connectivity index (χ1v) is 8.80. The molecule has 0 saturated heterocycles. The van der Waals surface area contributed by atoms with Gasteiger partial charge in [-0.3, -0.25) is 18.7 Å². The van der Waals surface area contributed by atoms with Crippen LogP contribution in [-0.4, -0.2) is 14.9 Å². The molecule has 2 aromatic rings. The molecule has 4 rings (SSSR count). The van der Waals surface area contributed by atoms with Crippen molar-refractivity contribution in [2.24, 2.45) is 14.1 Å². The number of nitrogens with zero attached hydrogens (tertiary/aromatic N) is 2. The lowest BCUT2D eigenvalue weighted by molar-refractivity contribution is -0.116. The summed E-state index contributed by atoms with van der Waals surface area (Å²) in [6.45, 7) is 1.99. The van der Waals surface area contributed by atoms with Gasteiger partial charge in [-0.25, -0.2) is 4.79 Å². The van der Waals surface area contributed by atoms with Crippen molar-refractivity contribution in [3.63, 3.8) is 0 Å². The summed E-state index contributed by atoms with van der Waals surface area (Å²) < 4.78 is 2.57. The Bertz CT molecular complexity index is 1090. The van der Waals surface area contributed by atoms with Gasteiger partial charge in [0.15, 0.2) is 5.78 Å². The summed E-state index contributed by atoms with van der Waals surface area (Å²) in [5.41, 5.74) is 3.21. The van der Waals surface area contributed by atoms with Gasteiger partial charge >= 0.3 is 5.69 Å². The molecule has 1 N–H and O–H groups in total. The second-order valence-electron chi connectivity index (χ2n) is 7.11. The summed E-state index contributed by atoms with van der Waals surface area (Å²) in [6.07, 6.45) is 2.01. The first-order chi connectivity index (χ1) is 12.4. The second kappa shape index (κ2) is 5.83. The number of nitrogens with one attached hydrogen (secondary N) is 1. The van der Waals surface area contributed by atoms with Gasteiger partial charge in [0.25, 0.3) is 5.56 Å². The maximum absolute atomic E-state index is 13.0. The molecule has 26 heavy (non-hydrogen) atoms. The van der Waals surface area contributed by atoms with E-state index in [0.717, 1.165) is 34.2 Å². The number of aromatic nitrogens is 2. The molecule has 0 saturated carbocycles. The van der Waals surface area contributed by atoms with Crippen molar-refractivity contribution in [3.05, 3.63) is 73.1 Å². The van der Waals surface area contributed by atoms with E-state index in [4.69, 9.17) is 0 Å². The predicted molar refractivity (Wildman–Crippen MR) is 99.5 cm³/mol. The zero-order valence-electron chi connectivity index (χ0n) is 15.1. The van der Waals surface area contributed by atoms with E-state index in [2.05, 4.69) is 5.32 Å². The number of allylic oxidation sites excluding steroid dienone is 2. The Morgan fingerprint density at radius 3 is 2.58 bits per heavy atom. The number of rotatable bonds is 1. The molecule has 0 amide bonds. The van der Waals surface area contributed by atoms with E-state index in [-0.39, 0.29) is 17.0 Å². The number of hydrogen-bond acceptors (Lipinski definition) is 4. The number of aryl methyl sites for hydroxylation is 1. The second-order valence-corrected chi connectivity index (χ2v) is 7.11. The number of ketones is 1. The number of hydrogen-bond donors (Lipinski definition) is 1. The van der Waals surface area contributed by atoms with Crippen molar-refractivity contribution in [2.75, 3.05) is 5.32 Å². The summed E-state index contributed by atoms with van der Waals surface area (Å²) in [7, 11) is 3.13. The topological polar surface area (TPSA) is 73.1 Å². The van der Waals surface area contributed by atoms with Crippen molar-refractivity contribution in [3.8, 4) is 0 Å². The van der Waals surface area contributed by atoms with Crippen LogP contribution in [0.25, 0.3) is 0 Å². The van der Waals surface area contributed by atoms with Crippen molar-refractivity contribution in [2.45, 2.75) is 32.1 Å². The van der Waals surface area contributed by atoms with Crippen LogP contribution in [0.3, 0.4) is 0 Å². The predicted octanol–water partition coefficient (Wildman–Crippen LogP) is 1.96. The highest BCUT2D eigenvalue weighted by atomic mass is 16.2. The maximum atomic E-state index is 13.0. The first-order valence-electron chi connectivity index (χ1n) is 8.80. The van der Waals surface area contributed by atoms with Crippen LogP contribution in [0.15, 0.2) is 45.1 Å². The number of benzene rings is 1. The van der Waals surface area contributed by atoms with Crippen LogP contribution in [0, 0.1) is 6.92 Å². The number of fused-ring (bicyclic) bond motifs is 1. The van der Waals surface area contributed by atoms with Crippen LogP contribution in [0.1, 0.15) is 41.9 Å². The zero-order valence-corrected chi connectivity index (χ0v) is 15.1. The molecule has 0 fully saturated rings. The van der Waals surface area contributed by atoms with E-state index in [0.29, 0.717) is 23.4 Å². The third kappa shape index (κ3) is 2.29. The average Bonchev–Trinajstić information content (AvgIpc) is 2.63. The molecule has 6 heteroatoms. The lowest BCUT2D eigenvalue weighted by Crippen LogP contribution is -2.44. The molecule has 134 valence electrons. The normalized spacial score (nSPS) is 19.0. The zero-order chi connectivity index (χ0) is 18.6. The smallest absolute Gasteiger partial charge is 0.332 e. The molecule has 1 aliphatic heterocycles. The standard InChI is InChI=1S/C20H21N3O3/c1-11-6-4-7-12(10-11)15-16-13(8-5-9-14(16)24)21-18-17(15)19(25)23(3)20(26)22(18)2/h4,6-7,10,15,21H,5,8-9H2,1-3H3/t15-/m0/s1. The highest BCUT2D eigenvalue weighted by Crippen LogP contribution is 2.43. The molecule has 1 aromatic carbocycles. The van der Waals surface area contributed by atoms with Crippen LogP contribution in [-0.2, 0) is 18.9 Å². The fourth-order valence-electron chi connectivity index (χ4n) is 4.08. The molecule has 1 atom stereocenters. The van der Waals surface area contributed by atoms with E-state index >= 15 is 0 Å². The minimum absolute atomic E-state index is 0.0758. The maximum Gasteiger partial charge on any atom is 0.332 e. The van der Waals surface area contributed by atoms with Crippen molar-refractivity contribution < 1.29 is 4.79 Å². The molecule has 2 aliphatic rings. The van der Waals surface area contributed by atoms with E-state index in [1.54, 1.807) is 7.05 Å². The Balaban J connectivity index is 2.10. The molecule has 1 aliphatic carbocycles. The SMILES string of the molecule is Cc1cccc([C@H]2C3=C(CCCC3=O)Nc3c2c(=O)n(C)c(=O)n3C)c1. The highest BCUT2D eigenvalue weighted by Gasteiger charge is 2.38. The quantitative estimate of drug-likeness (QED) is 0.852. The van der Waals surface area contributed by atoms with Gasteiger partial charge < -0.3 is 5.32 Å². The third-order valence-electron chi connectivity index (χ3n) is 5.38. The van der Waals surface area contributed by atoms with Gasteiger partial charge in [-0.05, 0) is 25.3 Å². The molecular weight excluding hydrogens is 330 g/mol. The van der Waals surface area contributed by atoms with E-state index in [1.807, 2.05) is 31.2 Å². The number of Topliss-reactive ketones (excluding diaryl/α,β-unsaturated/α-hetero) is 1. The number of carbonyl (C=O) groups is 1. The van der Waals surface area contributed by atoms with Gasteiger partial charge in [-0.15, -0.1) is 0 Å². The summed E-state index contributed by atoms with van der Waals surface area (Å²) in [4.78, 5) is 38.2. The third-order valence-corrected chi connectivity index (χ3v) is 5.38. The largest absolute Gasteiger partial charge is 0.344 e. The summed E-state index contributed by atoms with van der Waals surface area (Å²) >= 11 is 0. The van der Waals surface area contributed by atoms with Gasteiger partial charge in [-0.1, -0.05) is 29.8 Å². The molecule has 0 bridgehead atoms. The lowest BCUT2D eigenvalue weighted by Gasteiger charge is -2.34. The Morgan fingerprint density at radius 1 is 1.08 bits per heavy atom. The Labute approximate surface area is 150 Å². The van der Waals surface area contributed by atoms with E-state index < -0.39 is 5.92 Å². The Kier molecular flexibility index (Phi) is 3.72. The van der Waals surface area contributed by atoms with Crippen molar-refractivity contribution >= 4 is 11.6 Å². The van der Waals surface area contributed by atoms with Gasteiger partial charge in [0.05, 0.1) is 5.56 Å². The van der Waals surface area contributed by atoms with Crippen LogP contribution in [0.5, 0.6) is 0 Å². The molecule has 1 aromatic heterocycles. The molecule has 6 nitrogen and oxygen atoms in total. The number of carbonyl (C=O) groups excluding carboxylic acids is 1. The van der Waals surface area contributed by atoms with Gasteiger partial charge in [0.1, 0.15) is 5.82 Å². The summed E-state index contributed by atoms with van der Waals surface area (Å²) in [5.74, 6) is 0.129. The molecule has 0 radical (unpaired) electrons. The molecule has 2 heterocycles. The molecular formula is C20H21N3O3. The summed E-state index contributed by atoms with van der Waals surface area (Å²) in [6, 6.07) is 7.88. The number of anilines is 1. The van der Waals surface area contributed by atoms with Crippen LogP contribution in [0.2, 0.25) is 0 Å². The first kappa shape index (κ1) is 16.6. The Morgan fingerprint density at radius 2 is 1.85 bits per heavy atom. The highest BCUT2D eigenvalue weighted by molar-refractivity contribution is 6.00. The van der Waals surface area contributed by atoms with E-state index in [9.17, 15) is 14.4 Å². The fourth-order valence-corrected chi connectivity index (χ4v) is 4.08. The minimum atomic E-state index is -0.445. The molecule has 0 spiro atoms. The van der Waals surface area contributed by atoms with Gasteiger partial charge in [-0.2, -0.15) is 0 Å². The Hall–Kier alpha value is -2.89. The van der Waals surface area contributed by atoms with Crippen molar-refractivity contribution in [1.82, 2.24) is 9.13 Å². The average molecular weight is 351 g/mol. The monoisotopic (exact) mass is 351 g/mol. The summed E-state index contributed by atoms with van der Waals surface area (Å²) in [5, 5.41) is 3.23.